The molecule has 5 nitrogen and oxygen atoms in total. The fourth-order valence-corrected chi connectivity index (χ4v) is 2.32. The molecule has 0 fully saturated rings. The quantitative estimate of drug-likeness (QED) is 0.905. The molecular weight excluding hydrogens is 271 g/mol. The highest BCUT2D eigenvalue weighted by Gasteiger charge is 2.21. The first-order valence-electron chi connectivity index (χ1n) is 5.69. The van der Waals surface area contributed by atoms with Crippen LogP contribution in [0.25, 0.3) is 0 Å². The van der Waals surface area contributed by atoms with Gasteiger partial charge >= 0.3 is 0 Å². The molecule has 0 aliphatic carbocycles. The van der Waals surface area contributed by atoms with Crippen LogP contribution in [0.15, 0.2) is 23.1 Å². The van der Waals surface area contributed by atoms with Crippen LogP contribution in [0.4, 0.5) is 4.39 Å². The zero-order valence-electron chi connectivity index (χ0n) is 11.3. The average Bonchev–Trinajstić information content (AvgIpc) is 2.27. The Hall–Kier alpha value is -1.47. The summed E-state index contributed by atoms with van der Waals surface area (Å²) in [6.07, 6.45) is 0. The highest BCUT2D eigenvalue weighted by molar-refractivity contribution is 7.89. The molecule has 1 aromatic rings. The number of hydrogen-bond donors (Lipinski definition) is 1. The van der Waals surface area contributed by atoms with Crippen molar-refractivity contribution in [1.82, 2.24) is 9.62 Å². The molecule has 0 unspecified atom stereocenters. The van der Waals surface area contributed by atoms with Crippen LogP contribution >= 0.6 is 0 Å². The van der Waals surface area contributed by atoms with E-state index in [-0.39, 0.29) is 16.5 Å². The molecule has 0 atom stereocenters. The lowest BCUT2D eigenvalue weighted by Crippen LogP contribution is -2.31. The van der Waals surface area contributed by atoms with Crippen molar-refractivity contribution in [1.29, 1.82) is 0 Å². The molecule has 1 N–H and O–H groups in total. The fourth-order valence-electron chi connectivity index (χ4n) is 1.39. The molecule has 0 bridgehead atoms. The fraction of sp³-hybridized carbons (Fsp3) is 0.417. The second kappa shape index (κ2) is 5.66. The van der Waals surface area contributed by atoms with Gasteiger partial charge in [0.2, 0.25) is 10.0 Å². The van der Waals surface area contributed by atoms with Gasteiger partial charge in [-0.05, 0) is 32.0 Å². The summed E-state index contributed by atoms with van der Waals surface area (Å²) >= 11 is 0. The number of nitrogens with one attached hydrogen (secondary N) is 1. The predicted octanol–water partition coefficient (Wildman–Crippen LogP) is 1.21. The van der Waals surface area contributed by atoms with E-state index in [4.69, 9.17) is 0 Å². The van der Waals surface area contributed by atoms with Gasteiger partial charge in [-0.15, -0.1) is 0 Å². The Morgan fingerprint density at radius 1 is 1.32 bits per heavy atom. The average molecular weight is 288 g/mol. The number of hydrogen-bond acceptors (Lipinski definition) is 3. The number of amides is 1. The maximum atomic E-state index is 13.6. The number of rotatable bonds is 4. The smallest absolute Gasteiger partial charge is 0.254 e. The SMILES string of the molecule is CC(C)NC(=O)c1cc(S(=O)(=O)N(C)C)ccc1F. The third-order valence-corrected chi connectivity index (χ3v) is 4.19. The van der Waals surface area contributed by atoms with Crippen molar-refractivity contribution in [3.8, 4) is 0 Å². The van der Waals surface area contributed by atoms with Crippen LogP contribution in [-0.2, 0) is 10.0 Å². The number of benzene rings is 1. The van der Waals surface area contributed by atoms with E-state index in [9.17, 15) is 17.6 Å². The summed E-state index contributed by atoms with van der Waals surface area (Å²) in [7, 11) is -0.956. The maximum Gasteiger partial charge on any atom is 0.254 e. The number of carbonyl (C=O) groups is 1. The maximum absolute atomic E-state index is 13.6. The molecule has 0 saturated carbocycles. The van der Waals surface area contributed by atoms with E-state index in [1.807, 2.05) is 0 Å². The molecule has 7 heteroatoms. The second-order valence-electron chi connectivity index (χ2n) is 4.56. The first-order valence-corrected chi connectivity index (χ1v) is 7.13. The number of carbonyl (C=O) groups excluding carboxylic acids is 1. The minimum atomic E-state index is -3.69. The molecule has 1 amide bonds. The van der Waals surface area contributed by atoms with Gasteiger partial charge < -0.3 is 5.32 Å². The van der Waals surface area contributed by atoms with Crippen LogP contribution in [-0.4, -0.2) is 38.8 Å². The molecule has 0 radical (unpaired) electrons. The number of sulfonamides is 1. The zero-order valence-corrected chi connectivity index (χ0v) is 12.1. The lowest BCUT2D eigenvalue weighted by Gasteiger charge is -2.13. The van der Waals surface area contributed by atoms with E-state index in [0.717, 1.165) is 22.5 Å². The highest BCUT2D eigenvalue weighted by Crippen LogP contribution is 2.17. The van der Waals surface area contributed by atoms with Crippen LogP contribution in [0.2, 0.25) is 0 Å². The van der Waals surface area contributed by atoms with Crippen molar-refractivity contribution in [3.05, 3.63) is 29.6 Å². The summed E-state index contributed by atoms with van der Waals surface area (Å²) in [5, 5.41) is 2.52. The Morgan fingerprint density at radius 3 is 2.37 bits per heavy atom. The topological polar surface area (TPSA) is 66.5 Å². The molecular formula is C12H17FN2O3S. The van der Waals surface area contributed by atoms with Gasteiger partial charge in [0.05, 0.1) is 10.5 Å². The van der Waals surface area contributed by atoms with Crippen LogP contribution in [0.5, 0.6) is 0 Å². The van der Waals surface area contributed by atoms with Gasteiger partial charge in [0.15, 0.2) is 0 Å². The van der Waals surface area contributed by atoms with E-state index >= 15 is 0 Å². The van der Waals surface area contributed by atoms with Gasteiger partial charge in [0.25, 0.3) is 5.91 Å². The van der Waals surface area contributed by atoms with Crippen molar-refractivity contribution in [2.24, 2.45) is 0 Å². The van der Waals surface area contributed by atoms with Gasteiger partial charge in [0.1, 0.15) is 5.82 Å². The molecule has 0 saturated heterocycles. The Labute approximate surface area is 112 Å². The number of halogens is 1. The van der Waals surface area contributed by atoms with Gasteiger partial charge in [-0.25, -0.2) is 17.1 Å². The molecule has 1 aromatic carbocycles. The van der Waals surface area contributed by atoms with Crippen molar-refractivity contribution in [3.63, 3.8) is 0 Å². The van der Waals surface area contributed by atoms with Gasteiger partial charge in [-0.2, -0.15) is 0 Å². The molecule has 0 heterocycles. The summed E-state index contributed by atoms with van der Waals surface area (Å²) in [4.78, 5) is 11.6. The van der Waals surface area contributed by atoms with Crippen LogP contribution in [0.3, 0.4) is 0 Å². The first-order chi connectivity index (χ1) is 8.66. The third kappa shape index (κ3) is 3.51. The Bertz CT molecular complexity index is 583. The van der Waals surface area contributed by atoms with Crippen molar-refractivity contribution >= 4 is 15.9 Å². The van der Waals surface area contributed by atoms with Crippen molar-refractivity contribution < 1.29 is 17.6 Å². The highest BCUT2D eigenvalue weighted by atomic mass is 32.2. The second-order valence-corrected chi connectivity index (χ2v) is 6.71. The molecule has 19 heavy (non-hydrogen) atoms. The molecule has 0 aliphatic heterocycles. The minimum Gasteiger partial charge on any atom is -0.350 e. The first kappa shape index (κ1) is 15.6. The van der Waals surface area contributed by atoms with Crippen LogP contribution < -0.4 is 5.32 Å². The van der Waals surface area contributed by atoms with E-state index in [2.05, 4.69) is 5.32 Å². The molecule has 0 spiro atoms. The monoisotopic (exact) mass is 288 g/mol. The van der Waals surface area contributed by atoms with E-state index in [0.29, 0.717) is 0 Å². The summed E-state index contributed by atoms with van der Waals surface area (Å²) in [5.74, 6) is -1.39. The standard InChI is InChI=1S/C12H17FN2O3S/c1-8(2)14-12(16)10-7-9(5-6-11(10)13)19(17,18)15(3)4/h5-8H,1-4H3,(H,14,16). The molecule has 1 rings (SSSR count). The lowest BCUT2D eigenvalue weighted by molar-refractivity contribution is 0.0939. The summed E-state index contributed by atoms with van der Waals surface area (Å²) in [6, 6.07) is 2.99. The van der Waals surface area contributed by atoms with Gasteiger partial charge in [-0.1, -0.05) is 0 Å². The Kier molecular flexibility index (Phi) is 4.65. The summed E-state index contributed by atoms with van der Waals surface area (Å²) < 4.78 is 38.4. The lowest BCUT2D eigenvalue weighted by atomic mass is 10.2. The van der Waals surface area contributed by atoms with Gasteiger partial charge in [-0.3, -0.25) is 4.79 Å². The molecule has 0 aliphatic rings. The van der Waals surface area contributed by atoms with Crippen LogP contribution in [0, 0.1) is 5.82 Å². The zero-order chi connectivity index (χ0) is 14.8. The molecule has 106 valence electrons. The Morgan fingerprint density at radius 2 is 1.89 bits per heavy atom. The predicted molar refractivity (Wildman–Crippen MR) is 69.9 cm³/mol. The van der Waals surface area contributed by atoms with E-state index in [1.54, 1.807) is 13.8 Å². The van der Waals surface area contributed by atoms with Crippen molar-refractivity contribution in [2.75, 3.05) is 14.1 Å². The van der Waals surface area contributed by atoms with Gasteiger partial charge in [0, 0.05) is 20.1 Å². The van der Waals surface area contributed by atoms with E-state index in [1.165, 1.54) is 14.1 Å². The minimum absolute atomic E-state index is 0.118. The normalized spacial score (nSPS) is 11.9. The number of nitrogens with zero attached hydrogens (tertiary/aromatic N) is 1. The summed E-state index contributed by atoms with van der Waals surface area (Å²) in [5.41, 5.74) is -0.281. The largest absolute Gasteiger partial charge is 0.350 e. The van der Waals surface area contributed by atoms with Crippen molar-refractivity contribution in [2.45, 2.75) is 24.8 Å². The van der Waals surface area contributed by atoms with E-state index < -0.39 is 21.7 Å². The Balaban J connectivity index is 3.26. The molecule has 0 aromatic heterocycles. The third-order valence-electron chi connectivity index (χ3n) is 2.38. The van der Waals surface area contributed by atoms with Crippen LogP contribution in [0.1, 0.15) is 24.2 Å². The summed E-state index contributed by atoms with van der Waals surface area (Å²) in [6.45, 7) is 3.46.